The minimum atomic E-state index is -0.155. The Morgan fingerprint density at radius 1 is 1.42 bits per heavy atom. The number of nitrogens with one attached hydrogen (secondary N) is 1. The molecule has 1 aromatic rings. The van der Waals surface area contributed by atoms with Crippen molar-refractivity contribution >= 4 is 5.91 Å². The predicted molar refractivity (Wildman–Crippen MR) is 69.6 cm³/mol. The van der Waals surface area contributed by atoms with Gasteiger partial charge in [0.1, 0.15) is 5.82 Å². The van der Waals surface area contributed by atoms with Crippen molar-refractivity contribution in [2.24, 2.45) is 0 Å². The van der Waals surface area contributed by atoms with Crippen LogP contribution in [0.5, 0.6) is 0 Å². The molecular formula is C13H19N3O3. The van der Waals surface area contributed by atoms with Crippen molar-refractivity contribution in [3.8, 4) is 0 Å². The number of rotatable bonds is 3. The summed E-state index contributed by atoms with van der Waals surface area (Å²) in [5.41, 5.74) is 1.11. The number of aryl methyl sites for hydroxylation is 2. The van der Waals surface area contributed by atoms with Crippen molar-refractivity contribution in [2.75, 3.05) is 13.2 Å². The highest BCUT2D eigenvalue weighted by Crippen LogP contribution is 2.10. The largest absolute Gasteiger partial charge is 0.311 e. The number of hydroxylamine groups is 2. The first-order chi connectivity index (χ1) is 9.08. The highest BCUT2D eigenvalue weighted by atomic mass is 16.7. The lowest BCUT2D eigenvalue weighted by Gasteiger charge is -2.25. The second-order valence-corrected chi connectivity index (χ2v) is 4.75. The van der Waals surface area contributed by atoms with E-state index in [9.17, 15) is 9.59 Å². The average molecular weight is 265 g/mol. The van der Waals surface area contributed by atoms with Crippen molar-refractivity contribution in [3.63, 3.8) is 0 Å². The molecule has 1 fully saturated rings. The van der Waals surface area contributed by atoms with Gasteiger partial charge in [0.2, 0.25) is 5.91 Å². The molecule has 1 amide bonds. The van der Waals surface area contributed by atoms with E-state index >= 15 is 0 Å². The molecular weight excluding hydrogens is 246 g/mol. The van der Waals surface area contributed by atoms with Gasteiger partial charge >= 0.3 is 0 Å². The van der Waals surface area contributed by atoms with Crippen LogP contribution in [0.3, 0.4) is 0 Å². The van der Waals surface area contributed by atoms with Crippen LogP contribution >= 0.6 is 0 Å². The Morgan fingerprint density at radius 3 is 2.84 bits per heavy atom. The predicted octanol–water partition coefficient (Wildman–Crippen LogP) is 0.873. The molecule has 1 N–H and O–H groups in total. The van der Waals surface area contributed by atoms with Crippen molar-refractivity contribution in [1.29, 1.82) is 0 Å². The minimum Gasteiger partial charge on any atom is -0.311 e. The normalized spacial score (nSPS) is 15.6. The third-order valence-electron chi connectivity index (χ3n) is 3.21. The van der Waals surface area contributed by atoms with Crippen LogP contribution in [0.15, 0.2) is 4.79 Å². The van der Waals surface area contributed by atoms with E-state index in [1.54, 1.807) is 13.8 Å². The lowest BCUT2D eigenvalue weighted by Crippen LogP contribution is -2.36. The Bertz CT molecular complexity index is 518. The summed E-state index contributed by atoms with van der Waals surface area (Å²) in [5.74, 6) is 0.524. The van der Waals surface area contributed by atoms with E-state index in [0.717, 1.165) is 12.8 Å². The fraction of sp³-hybridized carbons (Fsp3) is 0.615. The van der Waals surface area contributed by atoms with Gasteiger partial charge in [0.25, 0.3) is 5.56 Å². The summed E-state index contributed by atoms with van der Waals surface area (Å²) in [5, 5.41) is 1.41. The Hall–Kier alpha value is -1.69. The monoisotopic (exact) mass is 265 g/mol. The van der Waals surface area contributed by atoms with E-state index in [-0.39, 0.29) is 17.9 Å². The molecule has 0 atom stereocenters. The van der Waals surface area contributed by atoms with E-state index in [2.05, 4.69) is 9.97 Å². The zero-order valence-corrected chi connectivity index (χ0v) is 11.4. The van der Waals surface area contributed by atoms with Crippen LogP contribution in [0, 0.1) is 13.8 Å². The molecule has 0 bridgehead atoms. The summed E-state index contributed by atoms with van der Waals surface area (Å²) in [6.45, 7) is 4.77. The summed E-state index contributed by atoms with van der Waals surface area (Å²) < 4.78 is 0. The van der Waals surface area contributed by atoms with Gasteiger partial charge in [-0.3, -0.25) is 14.4 Å². The van der Waals surface area contributed by atoms with Crippen LogP contribution in [-0.2, 0) is 16.1 Å². The number of H-pyrrole nitrogens is 1. The molecule has 0 saturated carbocycles. The second-order valence-electron chi connectivity index (χ2n) is 4.75. The Morgan fingerprint density at radius 2 is 2.21 bits per heavy atom. The van der Waals surface area contributed by atoms with Crippen LogP contribution < -0.4 is 5.56 Å². The molecule has 0 spiro atoms. The van der Waals surface area contributed by atoms with Gasteiger partial charge in [0.15, 0.2) is 0 Å². The Labute approximate surface area is 111 Å². The first kappa shape index (κ1) is 13.7. The number of aromatic amines is 1. The second kappa shape index (κ2) is 5.97. The number of carbonyl (C=O) groups is 1. The topological polar surface area (TPSA) is 75.3 Å². The average Bonchev–Trinajstić information content (AvgIpc) is 2.38. The summed E-state index contributed by atoms with van der Waals surface area (Å²) in [6.07, 6.45) is 2.63. The van der Waals surface area contributed by atoms with Crippen LogP contribution in [0.2, 0.25) is 0 Å². The van der Waals surface area contributed by atoms with E-state index in [4.69, 9.17) is 4.84 Å². The van der Waals surface area contributed by atoms with Gasteiger partial charge in [-0.05, 0) is 33.1 Å². The molecule has 6 heteroatoms. The van der Waals surface area contributed by atoms with Gasteiger partial charge in [-0.2, -0.15) is 0 Å². The van der Waals surface area contributed by atoms with E-state index in [0.29, 0.717) is 36.7 Å². The van der Waals surface area contributed by atoms with E-state index in [1.165, 1.54) is 5.06 Å². The van der Waals surface area contributed by atoms with Gasteiger partial charge in [-0.25, -0.2) is 10.0 Å². The van der Waals surface area contributed by atoms with Gasteiger partial charge in [-0.1, -0.05) is 0 Å². The van der Waals surface area contributed by atoms with Crippen LogP contribution in [-0.4, -0.2) is 34.1 Å². The number of carbonyl (C=O) groups excluding carboxylic acids is 1. The van der Waals surface area contributed by atoms with Crippen molar-refractivity contribution in [2.45, 2.75) is 39.5 Å². The minimum absolute atomic E-state index is 0.0703. The third-order valence-corrected chi connectivity index (χ3v) is 3.21. The summed E-state index contributed by atoms with van der Waals surface area (Å²) in [6, 6.07) is 0. The molecule has 0 aromatic carbocycles. The number of aromatic nitrogens is 2. The maximum Gasteiger partial charge on any atom is 0.254 e. The van der Waals surface area contributed by atoms with E-state index in [1.807, 2.05) is 0 Å². The van der Waals surface area contributed by atoms with Gasteiger partial charge < -0.3 is 4.98 Å². The maximum absolute atomic E-state index is 11.9. The van der Waals surface area contributed by atoms with Gasteiger partial charge in [-0.15, -0.1) is 0 Å². The smallest absolute Gasteiger partial charge is 0.254 e. The Kier molecular flexibility index (Phi) is 4.31. The zero-order valence-electron chi connectivity index (χ0n) is 11.4. The van der Waals surface area contributed by atoms with Crippen molar-refractivity contribution in [3.05, 3.63) is 27.4 Å². The first-order valence-corrected chi connectivity index (χ1v) is 6.57. The standard InChI is InChI=1S/C13H19N3O3/c1-9-11(13(18)15-10(2)14-9)5-6-12(17)16-7-3-4-8-19-16/h3-8H2,1-2H3,(H,14,15,18). The summed E-state index contributed by atoms with van der Waals surface area (Å²) >= 11 is 0. The number of nitrogens with zero attached hydrogens (tertiary/aromatic N) is 2. The fourth-order valence-electron chi connectivity index (χ4n) is 2.20. The summed E-state index contributed by atoms with van der Waals surface area (Å²) in [7, 11) is 0. The molecule has 1 aliphatic heterocycles. The van der Waals surface area contributed by atoms with Crippen LogP contribution in [0.4, 0.5) is 0 Å². The number of hydrogen-bond donors (Lipinski definition) is 1. The molecule has 2 rings (SSSR count). The highest BCUT2D eigenvalue weighted by Gasteiger charge is 2.18. The lowest BCUT2D eigenvalue weighted by molar-refractivity contribution is -0.197. The molecule has 19 heavy (non-hydrogen) atoms. The molecule has 1 aliphatic rings. The maximum atomic E-state index is 11.9. The molecule has 6 nitrogen and oxygen atoms in total. The summed E-state index contributed by atoms with van der Waals surface area (Å²) in [4.78, 5) is 35.9. The molecule has 0 unspecified atom stereocenters. The number of hydrogen-bond acceptors (Lipinski definition) is 4. The van der Waals surface area contributed by atoms with Gasteiger partial charge in [0, 0.05) is 24.2 Å². The fourth-order valence-corrected chi connectivity index (χ4v) is 2.20. The third kappa shape index (κ3) is 3.41. The molecule has 104 valence electrons. The molecule has 0 radical (unpaired) electrons. The molecule has 1 aromatic heterocycles. The van der Waals surface area contributed by atoms with Crippen molar-refractivity contribution < 1.29 is 9.63 Å². The molecule has 1 saturated heterocycles. The van der Waals surface area contributed by atoms with Crippen LogP contribution in [0.1, 0.15) is 36.3 Å². The lowest BCUT2D eigenvalue weighted by atomic mass is 10.1. The van der Waals surface area contributed by atoms with Gasteiger partial charge in [0.05, 0.1) is 6.61 Å². The Balaban J connectivity index is 1.99. The zero-order chi connectivity index (χ0) is 13.8. The van der Waals surface area contributed by atoms with E-state index < -0.39 is 0 Å². The number of amides is 1. The van der Waals surface area contributed by atoms with Crippen molar-refractivity contribution in [1.82, 2.24) is 15.0 Å². The quantitative estimate of drug-likeness (QED) is 0.880. The molecule has 2 heterocycles. The molecule has 0 aliphatic carbocycles. The SMILES string of the molecule is Cc1nc(C)c(CCC(=O)N2CCCCO2)c(=O)[nH]1. The highest BCUT2D eigenvalue weighted by molar-refractivity contribution is 5.75. The first-order valence-electron chi connectivity index (χ1n) is 6.57. The van der Waals surface area contributed by atoms with Crippen LogP contribution in [0.25, 0.3) is 0 Å².